The number of nitrogens with one attached hydrogen (secondary N) is 3. The lowest BCUT2D eigenvalue weighted by Crippen LogP contribution is -2.32. The summed E-state index contributed by atoms with van der Waals surface area (Å²) in [6.45, 7) is 3.79. The fourth-order valence-electron chi connectivity index (χ4n) is 2.74. The average Bonchev–Trinajstić information content (AvgIpc) is 3.25. The number of carbonyl (C=O) groups is 2. The number of nitro benzene ring substituents is 1. The largest absolute Gasteiger partial charge is 0.342 e. The van der Waals surface area contributed by atoms with Crippen LogP contribution >= 0.6 is 11.8 Å². The Bertz CT molecular complexity index is 1100. The topological polar surface area (TPSA) is 156 Å². The number of nitrogens with zero attached hydrogens (tertiary/aromatic N) is 4. The van der Waals surface area contributed by atoms with Crippen molar-refractivity contribution < 1.29 is 14.5 Å². The number of anilines is 1. The molecule has 0 spiro atoms. The molecule has 11 nitrogen and oxygen atoms in total. The quantitative estimate of drug-likeness (QED) is 0.253. The Hall–Kier alpha value is -3.80. The molecule has 2 heterocycles. The molecule has 0 aliphatic carbocycles. The van der Waals surface area contributed by atoms with Crippen LogP contribution in [0.4, 0.5) is 11.5 Å². The Morgan fingerprint density at radius 3 is 2.72 bits per heavy atom. The number of nitro groups is 1. The summed E-state index contributed by atoms with van der Waals surface area (Å²) in [6.07, 6.45) is 1.58. The Labute approximate surface area is 187 Å². The van der Waals surface area contributed by atoms with Crippen molar-refractivity contribution in [3.63, 3.8) is 0 Å². The normalized spacial score (nSPS) is 11.7. The Kier molecular flexibility index (Phi) is 7.49. The maximum atomic E-state index is 12.6. The number of aromatic nitrogens is 4. The fraction of sp³-hybridized carbons (Fsp3) is 0.250. The molecule has 0 bridgehead atoms. The van der Waals surface area contributed by atoms with Crippen LogP contribution in [0.25, 0.3) is 0 Å². The van der Waals surface area contributed by atoms with Crippen LogP contribution in [0.1, 0.15) is 36.1 Å². The maximum absolute atomic E-state index is 12.6. The van der Waals surface area contributed by atoms with Crippen LogP contribution < -0.4 is 10.6 Å². The molecule has 3 rings (SSSR count). The van der Waals surface area contributed by atoms with Gasteiger partial charge in [0.1, 0.15) is 11.6 Å². The molecule has 3 N–H and O–H groups in total. The Balaban J connectivity index is 1.62. The number of carbonyl (C=O) groups excluding carboxylic acids is 2. The molecular weight excluding hydrogens is 434 g/mol. The van der Waals surface area contributed by atoms with Gasteiger partial charge in [-0.1, -0.05) is 37.7 Å². The van der Waals surface area contributed by atoms with Gasteiger partial charge in [0.15, 0.2) is 0 Å². The van der Waals surface area contributed by atoms with Crippen LogP contribution in [-0.2, 0) is 4.79 Å². The molecule has 1 aromatic carbocycles. The third-order valence-electron chi connectivity index (χ3n) is 4.31. The zero-order valence-electron chi connectivity index (χ0n) is 17.3. The van der Waals surface area contributed by atoms with E-state index in [1.165, 1.54) is 24.3 Å². The highest BCUT2D eigenvalue weighted by atomic mass is 32.2. The van der Waals surface area contributed by atoms with Gasteiger partial charge in [-0.2, -0.15) is 0 Å². The van der Waals surface area contributed by atoms with Crippen molar-refractivity contribution in [2.45, 2.75) is 25.0 Å². The van der Waals surface area contributed by atoms with Gasteiger partial charge < -0.3 is 10.6 Å². The summed E-state index contributed by atoms with van der Waals surface area (Å²) in [5.74, 6) is 0.201. The van der Waals surface area contributed by atoms with Crippen molar-refractivity contribution in [1.29, 1.82) is 0 Å². The zero-order chi connectivity index (χ0) is 23.1. The molecule has 32 heavy (non-hydrogen) atoms. The lowest BCUT2D eigenvalue weighted by molar-refractivity contribution is -0.384. The number of amides is 2. The summed E-state index contributed by atoms with van der Waals surface area (Å²) >= 11 is 1.14. The Morgan fingerprint density at radius 1 is 1.22 bits per heavy atom. The Morgan fingerprint density at radius 2 is 2.03 bits per heavy atom. The van der Waals surface area contributed by atoms with Crippen LogP contribution in [0.15, 0.2) is 53.8 Å². The van der Waals surface area contributed by atoms with Gasteiger partial charge in [0.25, 0.3) is 11.6 Å². The molecular formula is C20H21N7O4S. The van der Waals surface area contributed by atoms with Gasteiger partial charge in [0.2, 0.25) is 11.1 Å². The number of non-ortho nitro benzene ring substituents is 1. The summed E-state index contributed by atoms with van der Waals surface area (Å²) in [5, 5.41) is 23.7. The first-order valence-electron chi connectivity index (χ1n) is 9.65. The minimum absolute atomic E-state index is 0.0455. The van der Waals surface area contributed by atoms with Crippen molar-refractivity contribution in [2.75, 3.05) is 11.1 Å². The molecule has 166 valence electrons. The smallest absolute Gasteiger partial charge is 0.270 e. The molecule has 0 aliphatic heterocycles. The van der Waals surface area contributed by atoms with Crippen LogP contribution in [0.5, 0.6) is 0 Å². The third kappa shape index (κ3) is 6.11. The number of benzene rings is 1. The van der Waals surface area contributed by atoms with Crippen molar-refractivity contribution in [3.05, 3.63) is 70.2 Å². The van der Waals surface area contributed by atoms with Crippen LogP contribution in [0.3, 0.4) is 0 Å². The van der Waals surface area contributed by atoms with Crippen LogP contribution in [0.2, 0.25) is 0 Å². The molecule has 0 saturated heterocycles. The molecule has 0 radical (unpaired) electrons. The third-order valence-corrected chi connectivity index (χ3v) is 5.16. The monoisotopic (exact) mass is 455 g/mol. The zero-order valence-corrected chi connectivity index (χ0v) is 18.1. The minimum Gasteiger partial charge on any atom is -0.342 e. The second-order valence-electron chi connectivity index (χ2n) is 7.06. The first-order valence-corrected chi connectivity index (χ1v) is 10.6. The van der Waals surface area contributed by atoms with E-state index in [1.807, 2.05) is 13.8 Å². The van der Waals surface area contributed by atoms with E-state index in [0.29, 0.717) is 16.8 Å². The molecule has 2 aromatic heterocycles. The molecule has 12 heteroatoms. The standard InChI is InChI=1S/C20H21N7O4S/c1-12(2)17(23-19(29)13-6-5-7-14(10-13)27(30)31)18-24-20(26-25-18)32-11-16(28)22-15-8-3-4-9-21-15/h3-10,12,17H,11H2,1-2H3,(H,23,29)(H,21,22,28)(H,24,25,26)/t17-/m0/s1. The number of H-pyrrole nitrogens is 1. The molecule has 0 aliphatic rings. The van der Waals surface area contributed by atoms with Crippen molar-refractivity contribution in [3.8, 4) is 0 Å². The number of aromatic amines is 1. The van der Waals surface area contributed by atoms with E-state index in [1.54, 1.807) is 24.4 Å². The number of thioether (sulfide) groups is 1. The van der Waals surface area contributed by atoms with Crippen LogP contribution in [-0.4, -0.2) is 42.7 Å². The van der Waals surface area contributed by atoms with E-state index >= 15 is 0 Å². The predicted molar refractivity (Wildman–Crippen MR) is 118 cm³/mol. The molecule has 1 atom stereocenters. The second-order valence-corrected chi connectivity index (χ2v) is 8.00. The number of rotatable bonds is 9. The minimum atomic E-state index is -0.555. The highest BCUT2D eigenvalue weighted by Crippen LogP contribution is 2.22. The SMILES string of the molecule is CC(C)[C@H](NC(=O)c1cccc([N+](=O)[O-])c1)c1nc(SCC(=O)Nc2ccccn2)n[nH]1. The van der Waals surface area contributed by atoms with Gasteiger partial charge in [0.05, 0.1) is 16.7 Å². The number of hydrogen-bond acceptors (Lipinski definition) is 8. The molecule has 0 unspecified atom stereocenters. The molecule has 2 amide bonds. The summed E-state index contributed by atoms with van der Waals surface area (Å²) in [6, 6.07) is 10.2. The lowest BCUT2D eigenvalue weighted by atomic mass is 10.0. The summed E-state index contributed by atoms with van der Waals surface area (Å²) < 4.78 is 0. The average molecular weight is 456 g/mol. The predicted octanol–water partition coefficient (Wildman–Crippen LogP) is 2.97. The molecule has 0 fully saturated rings. The number of pyridine rings is 1. The van der Waals surface area contributed by atoms with Gasteiger partial charge in [0, 0.05) is 23.9 Å². The van der Waals surface area contributed by atoms with E-state index in [4.69, 9.17) is 0 Å². The maximum Gasteiger partial charge on any atom is 0.270 e. The van der Waals surface area contributed by atoms with E-state index < -0.39 is 16.9 Å². The summed E-state index contributed by atoms with van der Waals surface area (Å²) in [7, 11) is 0. The van der Waals surface area contributed by atoms with E-state index in [2.05, 4.69) is 30.8 Å². The first kappa shape index (κ1) is 22.9. The van der Waals surface area contributed by atoms with Crippen molar-refractivity contribution in [2.24, 2.45) is 5.92 Å². The van der Waals surface area contributed by atoms with E-state index in [-0.39, 0.29) is 28.8 Å². The molecule has 0 saturated carbocycles. The van der Waals surface area contributed by atoms with Gasteiger partial charge in [-0.3, -0.25) is 24.8 Å². The first-order chi connectivity index (χ1) is 15.3. The van der Waals surface area contributed by atoms with Gasteiger partial charge in [-0.15, -0.1) is 5.10 Å². The van der Waals surface area contributed by atoms with Crippen molar-refractivity contribution in [1.82, 2.24) is 25.5 Å². The second kappa shape index (κ2) is 10.5. The van der Waals surface area contributed by atoms with Gasteiger partial charge in [-0.25, -0.2) is 9.97 Å². The fourth-order valence-corrected chi connectivity index (χ4v) is 3.35. The van der Waals surface area contributed by atoms with Gasteiger partial charge >= 0.3 is 0 Å². The summed E-state index contributed by atoms with van der Waals surface area (Å²) in [4.78, 5) is 43.5. The van der Waals surface area contributed by atoms with Crippen molar-refractivity contribution >= 4 is 35.1 Å². The van der Waals surface area contributed by atoms with Crippen LogP contribution in [0, 0.1) is 16.0 Å². The summed E-state index contributed by atoms with van der Waals surface area (Å²) in [5.41, 5.74) is 0.00577. The molecule has 3 aromatic rings. The lowest BCUT2D eigenvalue weighted by Gasteiger charge is -2.19. The van der Waals surface area contributed by atoms with E-state index in [0.717, 1.165) is 11.8 Å². The highest BCUT2D eigenvalue weighted by molar-refractivity contribution is 7.99. The number of hydrogen-bond donors (Lipinski definition) is 3. The van der Waals surface area contributed by atoms with Gasteiger partial charge in [-0.05, 0) is 24.1 Å². The van der Waals surface area contributed by atoms with E-state index in [9.17, 15) is 19.7 Å². The highest BCUT2D eigenvalue weighted by Gasteiger charge is 2.24.